The van der Waals surface area contributed by atoms with Crippen LogP contribution in [0.1, 0.15) is 5.56 Å². The molecule has 0 spiro atoms. The van der Waals surface area contributed by atoms with Crippen molar-refractivity contribution >= 4 is 49.7 Å². The van der Waals surface area contributed by atoms with Gasteiger partial charge in [-0.2, -0.15) is 5.10 Å². The molecule has 0 aliphatic heterocycles. The van der Waals surface area contributed by atoms with E-state index in [1.54, 1.807) is 24.3 Å². The van der Waals surface area contributed by atoms with E-state index in [-0.39, 0.29) is 12.2 Å². The number of aromatic hydroxyl groups is 1. The van der Waals surface area contributed by atoms with Crippen molar-refractivity contribution in [2.24, 2.45) is 5.10 Å². The second kappa shape index (κ2) is 8.58. The van der Waals surface area contributed by atoms with Crippen molar-refractivity contribution in [1.82, 2.24) is 5.43 Å². The van der Waals surface area contributed by atoms with Gasteiger partial charge in [-0.3, -0.25) is 14.9 Å². The fourth-order valence-electron chi connectivity index (χ4n) is 1.73. The highest BCUT2D eigenvalue weighted by Gasteiger charge is 2.17. The van der Waals surface area contributed by atoms with Gasteiger partial charge in [-0.25, -0.2) is 5.43 Å². The summed E-state index contributed by atoms with van der Waals surface area (Å²) in [6.07, 6.45) is 1.10. The van der Waals surface area contributed by atoms with Gasteiger partial charge in [-0.15, -0.1) is 0 Å². The van der Waals surface area contributed by atoms with Crippen molar-refractivity contribution < 1.29 is 19.6 Å². The summed E-state index contributed by atoms with van der Waals surface area (Å²) in [5, 5.41) is 24.3. The molecular weight excluding hydrogens is 462 g/mol. The Hall–Kier alpha value is -2.46. The van der Waals surface area contributed by atoms with E-state index in [4.69, 9.17) is 4.74 Å². The van der Waals surface area contributed by atoms with E-state index in [1.165, 1.54) is 6.07 Å². The molecule has 0 saturated carbocycles. The summed E-state index contributed by atoms with van der Waals surface area (Å²) in [7, 11) is 0. The van der Waals surface area contributed by atoms with E-state index in [9.17, 15) is 20.0 Å². The van der Waals surface area contributed by atoms with Gasteiger partial charge in [0.25, 0.3) is 5.91 Å². The maximum Gasteiger partial charge on any atom is 0.312 e. The van der Waals surface area contributed by atoms with Crippen molar-refractivity contribution in [2.75, 3.05) is 6.61 Å². The van der Waals surface area contributed by atoms with E-state index >= 15 is 0 Å². The molecule has 25 heavy (non-hydrogen) atoms. The summed E-state index contributed by atoms with van der Waals surface area (Å²) in [5.41, 5.74) is 1.82. The third-order valence-electron chi connectivity index (χ3n) is 2.86. The van der Waals surface area contributed by atoms with Gasteiger partial charge in [0, 0.05) is 20.6 Å². The predicted molar refractivity (Wildman–Crippen MR) is 97.8 cm³/mol. The zero-order chi connectivity index (χ0) is 18.4. The smallest absolute Gasteiger partial charge is 0.312 e. The Labute approximate surface area is 158 Å². The summed E-state index contributed by atoms with van der Waals surface area (Å²) in [6.45, 7) is -0.260. The van der Waals surface area contributed by atoms with Gasteiger partial charge >= 0.3 is 5.69 Å². The third kappa shape index (κ3) is 5.54. The van der Waals surface area contributed by atoms with Crippen LogP contribution in [0.3, 0.4) is 0 Å². The number of carbonyl (C=O) groups excluding carboxylic acids is 1. The van der Waals surface area contributed by atoms with Gasteiger partial charge in [0.1, 0.15) is 5.75 Å². The van der Waals surface area contributed by atoms with Crippen molar-refractivity contribution in [1.29, 1.82) is 0 Å². The molecule has 1 amide bonds. The van der Waals surface area contributed by atoms with E-state index in [2.05, 4.69) is 42.4 Å². The van der Waals surface area contributed by atoms with E-state index < -0.39 is 22.3 Å². The lowest BCUT2D eigenvalue weighted by Gasteiger charge is -2.05. The maximum absolute atomic E-state index is 11.7. The number of hydrogen-bond donors (Lipinski definition) is 2. The normalized spacial score (nSPS) is 10.6. The highest BCUT2D eigenvalue weighted by atomic mass is 79.9. The number of nitro benzene ring substituents is 1. The average Bonchev–Trinajstić information content (AvgIpc) is 2.57. The SMILES string of the molecule is O=C(COc1ccc(Br)cc1)N/N=C/c1cc(Br)cc([N+](=O)[O-])c1O. The lowest BCUT2D eigenvalue weighted by Crippen LogP contribution is -2.24. The molecule has 2 N–H and O–H groups in total. The van der Waals surface area contributed by atoms with E-state index in [0.29, 0.717) is 10.2 Å². The molecule has 0 atom stereocenters. The molecule has 2 rings (SSSR count). The third-order valence-corrected chi connectivity index (χ3v) is 3.84. The first kappa shape index (κ1) is 18.9. The Morgan fingerprint density at radius 1 is 1.28 bits per heavy atom. The Morgan fingerprint density at radius 2 is 1.96 bits per heavy atom. The Balaban J connectivity index is 1.95. The van der Waals surface area contributed by atoms with Crippen molar-refractivity contribution in [2.45, 2.75) is 0 Å². The first-order valence-corrected chi connectivity index (χ1v) is 8.32. The molecule has 0 bridgehead atoms. The molecule has 0 radical (unpaired) electrons. The number of hydrazone groups is 1. The maximum atomic E-state index is 11.7. The largest absolute Gasteiger partial charge is 0.502 e. The molecule has 0 fully saturated rings. The number of rotatable bonds is 6. The minimum absolute atomic E-state index is 0.0789. The number of phenols is 1. The van der Waals surface area contributed by atoms with Crippen LogP contribution in [-0.2, 0) is 4.79 Å². The molecular formula is C15H11Br2N3O5. The lowest BCUT2D eigenvalue weighted by molar-refractivity contribution is -0.385. The summed E-state index contributed by atoms with van der Waals surface area (Å²) in [5.74, 6) is -0.553. The van der Waals surface area contributed by atoms with Gasteiger partial charge in [0.2, 0.25) is 5.75 Å². The van der Waals surface area contributed by atoms with Crippen LogP contribution in [0, 0.1) is 10.1 Å². The van der Waals surface area contributed by atoms with Crippen molar-refractivity contribution in [3.63, 3.8) is 0 Å². The number of nitro groups is 1. The average molecular weight is 473 g/mol. The number of phenolic OH excluding ortho intramolecular Hbond substituents is 1. The molecule has 2 aromatic carbocycles. The zero-order valence-corrected chi connectivity index (χ0v) is 15.7. The number of amides is 1. The summed E-state index contributed by atoms with van der Waals surface area (Å²) in [4.78, 5) is 21.8. The van der Waals surface area contributed by atoms with Gasteiger partial charge in [0.15, 0.2) is 6.61 Å². The van der Waals surface area contributed by atoms with Crippen LogP contribution < -0.4 is 10.2 Å². The molecule has 0 aliphatic carbocycles. The molecule has 8 nitrogen and oxygen atoms in total. The molecule has 0 aliphatic rings. The molecule has 130 valence electrons. The number of carbonyl (C=O) groups is 1. The first-order chi connectivity index (χ1) is 11.9. The van der Waals surface area contributed by atoms with Crippen molar-refractivity contribution in [3.8, 4) is 11.5 Å². The Morgan fingerprint density at radius 3 is 2.60 bits per heavy atom. The molecule has 10 heteroatoms. The monoisotopic (exact) mass is 471 g/mol. The molecule has 0 heterocycles. The quantitative estimate of drug-likeness (QED) is 0.380. The van der Waals surface area contributed by atoms with Gasteiger partial charge in [-0.1, -0.05) is 31.9 Å². The van der Waals surface area contributed by atoms with Crippen LogP contribution in [0.4, 0.5) is 5.69 Å². The molecule has 0 saturated heterocycles. The second-order valence-corrected chi connectivity index (χ2v) is 6.49. The minimum atomic E-state index is -0.720. The molecule has 2 aromatic rings. The topological polar surface area (TPSA) is 114 Å². The van der Waals surface area contributed by atoms with Crippen LogP contribution in [0.5, 0.6) is 11.5 Å². The van der Waals surface area contributed by atoms with Gasteiger partial charge < -0.3 is 9.84 Å². The van der Waals surface area contributed by atoms with Crippen LogP contribution >= 0.6 is 31.9 Å². The minimum Gasteiger partial charge on any atom is -0.502 e. The van der Waals surface area contributed by atoms with E-state index in [1.807, 2.05) is 0 Å². The van der Waals surface area contributed by atoms with E-state index in [0.717, 1.165) is 16.8 Å². The molecule has 0 aromatic heterocycles. The van der Waals surface area contributed by atoms with Gasteiger partial charge in [-0.05, 0) is 30.3 Å². The highest BCUT2D eigenvalue weighted by Crippen LogP contribution is 2.32. The van der Waals surface area contributed by atoms with Crippen LogP contribution in [-0.4, -0.2) is 28.8 Å². The number of nitrogens with one attached hydrogen (secondary N) is 1. The van der Waals surface area contributed by atoms with Crippen LogP contribution in [0.25, 0.3) is 0 Å². The number of nitrogens with zero attached hydrogens (tertiary/aromatic N) is 2. The van der Waals surface area contributed by atoms with Crippen LogP contribution in [0.2, 0.25) is 0 Å². The van der Waals surface area contributed by atoms with Crippen LogP contribution in [0.15, 0.2) is 50.4 Å². The summed E-state index contributed by atoms with van der Waals surface area (Å²) < 4.78 is 6.54. The Bertz CT molecular complexity index is 825. The zero-order valence-electron chi connectivity index (χ0n) is 12.5. The standard InChI is InChI=1S/C15H11Br2N3O5/c16-10-1-3-12(4-2-10)25-8-14(21)19-18-7-9-5-11(17)6-13(15(9)22)20(23)24/h1-7,22H,8H2,(H,19,21)/b18-7+. The summed E-state index contributed by atoms with van der Waals surface area (Å²) in [6, 6.07) is 9.52. The number of ether oxygens (including phenoxy) is 1. The Kier molecular flexibility index (Phi) is 6.48. The second-order valence-electron chi connectivity index (χ2n) is 4.66. The predicted octanol–water partition coefficient (Wildman–Crippen LogP) is 3.35. The first-order valence-electron chi connectivity index (χ1n) is 6.74. The lowest BCUT2D eigenvalue weighted by atomic mass is 10.2. The number of halogens is 2. The fraction of sp³-hybridized carbons (Fsp3) is 0.0667. The molecule has 0 unspecified atom stereocenters. The van der Waals surface area contributed by atoms with Gasteiger partial charge in [0.05, 0.1) is 11.1 Å². The fourth-order valence-corrected chi connectivity index (χ4v) is 2.46. The van der Waals surface area contributed by atoms with Crippen molar-refractivity contribution in [3.05, 3.63) is 61.0 Å². The summed E-state index contributed by atoms with van der Waals surface area (Å²) >= 11 is 6.39. The highest BCUT2D eigenvalue weighted by molar-refractivity contribution is 9.10. The number of benzene rings is 2. The number of hydrogen-bond acceptors (Lipinski definition) is 6.